The highest BCUT2D eigenvalue weighted by Crippen LogP contribution is 2.22. The van der Waals surface area contributed by atoms with Gasteiger partial charge < -0.3 is 10.2 Å². The molecule has 3 rings (SSSR count). The summed E-state index contributed by atoms with van der Waals surface area (Å²) in [6.45, 7) is 1.33. The average molecular weight is 514 g/mol. The Bertz CT molecular complexity index is 882. The third-order valence-electron chi connectivity index (χ3n) is 4.42. The van der Waals surface area contributed by atoms with E-state index in [9.17, 15) is 8.42 Å². The van der Waals surface area contributed by atoms with Gasteiger partial charge in [-0.15, -0.1) is 24.0 Å². The minimum atomic E-state index is -3.40. The van der Waals surface area contributed by atoms with E-state index in [0.29, 0.717) is 11.4 Å². The molecule has 0 unspecified atom stereocenters. The van der Waals surface area contributed by atoms with Crippen LogP contribution in [0.4, 0.5) is 0 Å². The molecule has 1 fully saturated rings. The van der Waals surface area contributed by atoms with Crippen LogP contribution >= 0.6 is 24.0 Å². The van der Waals surface area contributed by atoms with E-state index in [1.165, 1.54) is 5.56 Å². The molecule has 28 heavy (non-hydrogen) atoms. The summed E-state index contributed by atoms with van der Waals surface area (Å²) in [6, 6.07) is 17.3. The number of guanidine groups is 1. The molecule has 1 aliphatic rings. The molecular weight excluding hydrogens is 487 g/mol. The van der Waals surface area contributed by atoms with Crippen LogP contribution in [0.5, 0.6) is 0 Å². The number of nitrogens with one attached hydrogen (secondary N) is 2. The molecule has 0 saturated heterocycles. The van der Waals surface area contributed by atoms with Gasteiger partial charge in [0.1, 0.15) is 0 Å². The summed E-state index contributed by atoms with van der Waals surface area (Å²) in [5.74, 6) is 0.783. The van der Waals surface area contributed by atoms with E-state index in [4.69, 9.17) is 0 Å². The molecule has 1 saturated carbocycles. The summed E-state index contributed by atoms with van der Waals surface area (Å²) in [7, 11) is 0.341. The molecule has 0 bridgehead atoms. The SMILES string of the molecule is CN=C(NCc1ccc(S(=O)(=O)NC2CC2)cc1)N(C)Cc1ccccc1.I. The molecule has 152 valence electrons. The monoisotopic (exact) mass is 514 g/mol. The van der Waals surface area contributed by atoms with E-state index >= 15 is 0 Å². The topological polar surface area (TPSA) is 73.8 Å². The van der Waals surface area contributed by atoms with E-state index in [2.05, 4.69) is 27.2 Å². The van der Waals surface area contributed by atoms with Crippen LogP contribution in [-0.4, -0.2) is 39.4 Å². The van der Waals surface area contributed by atoms with Crippen molar-refractivity contribution in [3.05, 3.63) is 65.7 Å². The Morgan fingerprint density at radius 1 is 1.07 bits per heavy atom. The van der Waals surface area contributed by atoms with Crippen molar-refractivity contribution in [2.45, 2.75) is 36.9 Å². The predicted octanol–water partition coefficient (Wildman–Crippen LogP) is 2.95. The lowest BCUT2D eigenvalue weighted by Crippen LogP contribution is -2.38. The first-order chi connectivity index (χ1) is 13.0. The van der Waals surface area contributed by atoms with Crippen molar-refractivity contribution in [1.29, 1.82) is 0 Å². The molecule has 0 heterocycles. The van der Waals surface area contributed by atoms with Gasteiger partial charge in [-0.05, 0) is 36.1 Å². The first-order valence-corrected chi connectivity index (χ1v) is 10.5. The molecule has 0 radical (unpaired) electrons. The molecule has 0 aliphatic heterocycles. The zero-order valence-electron chi connectivity index (χ0n) is 16.1. The molecule has 8 heteroatoms. The summed E-state index contributed by atoms with van der Waals surface area (Å²) in [5.41, 5.74) is 2.20. The average Bonchev–Trinajstić information content (AvgIpc) is 3.47. The maximum atomic E-state index is 12.2. The first kappa shape index (κ1) is 22.6. The highest BCUT2D eigenvalue weighted by molar-refractivity contribution is 14.0. The van der Waals surface area contributed by atoms with Crippen LogP contribution in [-0.2, 0) is 23.1 Å². The minimum Gasteiger partial charge on any atom is -0.352 e. The van der Waals surface area contributed by atoms with Gasteiger partial charge in [0.25, 0.3) is 0 Å². The third-order valence-corrected chi connectivity index (χ3v) is 5.96. The molecule has 1 aliphatic carbocycles. The van der Waals surface area contributed by atoms with Crippen molar-refractivity contribution >= 4 is 40.0 Å². The number of nitrogens with zero attached hydrogens (tertiary/aromatic N) is 2. The Kier molecular flexibility index (Phi) is 8.26. The van der Waals surface area contributed by atoms with E-state index < -0.39 is 10.0 Å². The Labute approximate surface area is 184 Å². The van der Waals surface area contributed by atoms with Crippen LogP contribution in [0.3, 0.4) is 0 Å². The fourth-order valence-corrected chi connectivity index (χ4v) is 4.08. The van der Waals surface area contributed by atoms with Crippen LogP contribution in [0.1, 0.15) is 24.0 Å². The molecule has 0 spiro atoms. The summed E-state index contributed by atoms with van der Waals surface area (Å²) < 4.78 is 27.1. The summed E-state index contributed by atoms with van der Waals surface area (Å²) >= 11 is 0. The first-order valence-electron chi connectivity index (χ1n) is 9.05. The van der Waals surface area contributed by atoms with Crippen molar-refractivity contribution < 1.29 is 8.42 Å². The number of aliphatic imine (C=N–C) groups is 1. The number of hydrogen-bond acceptors (Lipinski definition) is 3. The van der Waals surface area contributed by atoms with Gasteiger partial charge in [-0.2, -0.15) is 0 Å². The lowest BCUT2D eigenvalue weighted by molar-refractivity contribution is 0.476. The number of halogens is 1. The lowest BCUT2D eigenvalue weighted by atomic mass is 10.2. The van der Waals surface area contributed by atoms with Gasteiger partial charge in [0.2, 0.25) is 10.0 Å². The number of benzene rings is 2. The van der Waals surface area contributed by atoms with Gasteiger partial charge >= 0.3 is 0 Å². The maximum Gasteiger partial charge on any atom is 0.240 e. The standard InChI is InChI=1S/C20H26N4O2S.HI/c1-21-20(24(2)15-17-6-4-3-5-7-17)22-14-16-8-12-19(13-9-16)27(25,26)23-18-10-11-18;/h3-9,12-13,18,23H,10-11,14-15H2,1-2H3,(H,21,22);1H. The minimum absolute atomic E-state index is 0. The quantitative estimate of drug-likeness (QED) is 0.339. The molecule has 2 aromatic rings. The van der Waals surface area contributed by atoms with Crippen LogP contribution < -0.4 is 10.0 Å². The summed E-state index contributed by atoms with van der Waals surface area (Å²) in [6.07, 6.45) is 1.85. The smallest absolute Gasteiger partial charge is 0.240 e. The van der Waals surface area contributed by atoms with Crippen molar-refractivity contribution in [1.82, 2.24) is 14.9 Å². The van der Waals surface area contributed by atoms with Crippen LogP contribution in [0.25, 0.3) is 0 Å². The van der Waals surface area contributed by atoms with E-state index in [1.54, 1.807) is 19.2 Å². The van der Waals surface area contributed by atoms with Gasteiger partial charge in [0.05, 0.1) is 4.90 Å². The van der Waals surface area contributed by atoms with Gasteiger partial charge in [0.15, 0.2) is 5.96 Å². The molecule has 0 amide bonds. The normalized spacial score (nSPS) is 14.3. The maximum absolute atomic E-state index is 12.2. The van der Waals surface area contributed by atoms with E-state index in [1.807, 2.05) is 42.3 Å². The predicted molar refractivity (Wildman–Crippen MR) is 123 cm³/mol. The summed E-state index contributed by atoms with van der Waals surface area (Å²) in [4.78, 5) is 6.68. The van der Waals surface area contributed by atoms with Gasteiger partial charge in [-0.1, -0.05) is 42.5 Å². The summed E-state index contributed by atoms with van der Waals surface area (Å²) in [5, 5.41) is 3.32. The van der Waals surface area contributed by atoms with Crippen molar-refractivity contribution in [2.24, 2.45) is 4.99 Å². The largest absolute Gasteiger partial charge is 0.352 e. The Hall–Kier alpha value is -1.65. The number of hydrogen-bond donors (Lipinski definition) is 2. The second-order valence-electron chi connectivity index (χ2n) is 6.78. The van der Waals surface area contributed by atoms with Crippen LogP contribution in [0.2, 0.25) is 0 Å². The number of rotatable bonds is 7. The second kappa shape index (κ2) is 10.2. The van der Waals surface area contributed by atoms with Crippen molar-refractivity contribution in [2.75, 3.05) is 14.1 Å². The highest BCUT2D eigenvalue weighted by Gasteiger charge is 2.27. The van der Waals surface area contributed by atoms with Gasteiger partial charge in [-0.25, -0.2) is 13.1 Å². The Balaban J connectivity index is 0.00000280. The fourth-order valence-electron chi connectivity index (χ4n) is 2.77. The fraction of sp³-hybridized carbons (Fsp3) is 0.350. The van der Waals surface area contributed by atoms with Crippen molar-refractivity contribution in [3.63, 3.8) is 0 Å². The molecular formula is C20H27IN4O2S. The molecule has 2 aromatic carbocycles. The lowest BCUT2D eigenvalue weighted by Gasteiger charge is -2.22. The third kappa shape index (κ3) is 6.46. The highest BCUT2D eigenvalue weighted by atomic mass is 127. The molecule has 6 nitrogen and oxygen atoms in total. The van der Waals surface area contributed by atoms with Gasteiger partial charge in [-0.3, -0.25) is 4.99 Å². The molecule has 2 N–H and O–H groups in total. The van der Waals surface area contributed by atoms with Crippen molar-refractivity contribution in [3.8, 4) is 0 Å². The Morgan fingerprint density at radius 3 is 2.29 bits per heavy atom. The Morgan fingerprint density at radius 2 is 1.71 bits per heavy atom. The zero-order chi connectivity index (χ0) is 19.3. The van der Waals surface area contributed by atoms with E-state index in [0.717, 1.165) is 30.9 Å². The molecule has 0 atom stereocenters. The second-order valence-corrected chi connectivity index (χ2v) is 8.50. The van der Waals surface area contributed by atoms with E-state index in [-0.39, 0.29) is 30.0 Å². The van der Waals surface area contributed by atoms with Crippen LogP contribution in [0.15, 0.2) is 64.5 Å². The molecule has 0 aromatic heterocycles. The van der Waals surface area contributed by atoms with Crippen LogP contribution in [0, 0.1) is 0 Å². The van der Waals surface area contributed by atoms with Gasteiger partial charge in [0, 0.05) is 33.2 Å². The number of sulfonamides is 1. The zero-order valence-corrected chi connectivity index (χ0v) is 19.3.